The summed E-state index contributed by atoms with van der Waals surface area (Å²) in [5, 5.41) is 4.99. The van der Waals surface area contributed by atoms with Crippen LogP contribution in [0.5, 0.6) is 0 Å². The lowest BCUT2D eigenvalue weighted by Crippen LogP contribution is -2.11. The molecule has 1 aromatic rings. The fourth-order valence-electron chi connectivity index (χ4n) is 1.03. The molecule has 0 heterocycles. The largest absolute Gasteiger partial charge is 0.288 e. The molecule has 0 radical (unpaired) electrons. The van der Waals surface area contributed by atoms with E-state index in [2.05, 4.69) is 11.8 Å². The first-order valence-corrected chi connectivity index (χ1v) is 7.18. The molecule has 0 unspecified atom stereocenters. The van der Waals surface area contributed by atoms with Gasteiger partial charge < -0.3 is 0 Å². The van der Waals surface area contributed by atoms with Gasteiger partial charge in [0.05, 0.1) is 10.6 Å². The molecule has 0 aliphatic carbocycles. The summed E-state index contributed by atoms with van der Waals surface area (Å²) in [6.07, 6.45) is 0. The van der Waals surface area contributed by atoms with Gasteiger partial charge in [0, 0.05) is 12.5 Å². The second-order valence-electron chi connectivity index (χ2n) is 3.15. The van der Waals surface area contributed by atoms with Crippen LogP contribution in [-0.4, -0.2) is 19.3 Å². The Bertz CT molecular complexity index is 582. The average Bonchev–Trinajstić information content (AvgIpc) is 2.23. The predicted octanol–water partition coefficient (Wildman–Crippen LogP) is 0.965. The molecule has 0 saturated heterocycles. The maximum absolute atomic E-state index is 11.1. The van der Waals surface area contributed by atoms with Crippen molar-refractivity contribution >= 4 is 26.9 Å². The van der Waals surface area contributed by atoms with E-state index in [4.69, 9.17) is 5.14 Å². The number of primary sulfonamides is 1. The number of sulfonamides is 1. The van der Waals surface area contributed by atoms with Gasteiger partial charge in [0.1, 0.15) is 0 Å². The molecule has 0 saturated carbocycles. The number of thioether (sulfide) groups is 1. The summed E-state index contributed by atoms with van der Waals surface area (Å²) in [6.45, 7) is 1.47. The van der Waals surface area contributed by atoms with E-state index in [9.17, 15) is 13.2 Å². The highest BCUT2D eigenvalue weighted by atomic mass is 32.2. The van der Waals surface area contributed by atoms with Gasteiger partial charge in [0.15, 0.2) is 5.12 Å². The summed E-state index contributed by atoms with van der Waals surface area (Å²) in [4.78, 5) is 10.7. The van der Waals surface area contributed by atoms with Crippen molar-refractivity contribution in [2.45, 2.75) is 11.8 Å². The van der Waals surface area contributed by atoms with Gasteiger partial charge >= 0.3 is 0 Å². The second kappa shape index (κ2) is 5.87. The van der Waals surface area contributed by atoms with Crippen LogP contribution in [0.25, 0.3) is 0 Å². The van der Waals surface area contributed by atoms with E-state index in [-0.39, 0.29) is 10.0 Å². The van der Waals surface area contributed by atoms with Crippen molar-refractivity contribution in [3.63, 3.8) is 0 Å². The van der Waals surface area contributed by atoms with Crippen LogP contribution in [0.15, 0.2) is 29.2 Å². The van der Waals surface area contributed by atoms with Gasteiger partial charge in [-0.3, -0.25) is 4.79 Å². The molecule has 1 rings (SSSR count). The van der Waals surface area contributed by atoms with Crippen LogP contribution in [0.3, 0.4) is 0 Å². The molecule has 0 bridgehead atoms. The zero-order valence-corrected chi connectivity index (χ0v) is 10.8. The first-order valence-electron chi connectivity index (χ1n) is 4.65. The van der Waals surface area contributed by atoms with Crippen LogP contribution in [0.2, 0.25) is 0 Å². The molecule has 0 fully saturated rings. The van der Waals surface area contributed by atoms with Crippen LogP contribution in [0, 0.1) is 11.8 Å². The quantitative estimate of drug-likeness (QED) is 0.811. The van der Waals surface area contributed by atoms with Crippen LogP contribution in [0.4, 0.5) is 0 Å². The van der Waals surface area contributed by atoms with Crippen molar-refractivity contribution in [1.82, 2.24) is 0 Å². The molecule has 0 aromatic heterocycles. The maximum atomic E-state index is 11.1. The summed E-state index contributed by atoms with van der Waals surface area (Å²) in [6, 6.07) is 6.06. The van der Waals surface area contributed by atoms with E-state index in [0.717, 1.165) is 11.8 Å². The van der Waals surface area contributed by atoms with E-state index < -0.39 is 10.0 Å². The average molecular weight is 269 g/mol. The summed E-state index contributed by atoms with van der Waals surface area (Å²) in [7, 11) is -3.70. The SMILES string of the molecule is CC(=O)SCC#Cc1cccc(S(N)(=O)=O)c1. The highest BCUT2D eigenvalue weighted by Gasteiger charge is 2.06. The highest BCUT2D eigenvalue weighted by Crippen LogP contribution is 2.08. The third-order valence-corrected chi connectivity index (χ3v) is 3.35. The molecule has 0 aliphatic rings. The zero-order chi connectivity index (χ0) is 12.9. The smallest absolute Gasteiger partial charge is 0.238 e. The van der Waals surface area contributed by atoms with Gasteiger partial charge in [0.2, 0.25) is 10.0 Å². The Hall–Kier alpha value is -1.29. The first-order chi connectivity index (χ1) is 7.89. The Balaban J connectivity index is 2.83. The number of hydrogen-bond acceptors (Lipinski definition) is 4. The molecule has 2 N–H and O–H groups in total. The lowest BCUT2D eigenvalue weighted by atomic mass is 10.2. The fourth-order valence-corrected chi connectivity index (χ4v) is 1.93. The number of nitrogens with two attached hydrogens (primary N) is 1. The minimum atomic E-state index is -3.70. The van der Waals surface area contributed by atoms with Crippen molar-refractivity contribution in [2.24, 2.45) is 5.14 Å². The van der Waals surface area contributed by atoms with E-state index in [1.54, 1.807) is 12.1 Å². The minimum Gasteiger partial charge on any atom is -0.288 e. The van der Waals surface area contributed by atoms with Gasteiger partial charge in [-0.1, -0.05) is 29.7 Å². The molecule has 0 aliphatic heterocycles. The van der Waals surface area contributed by atoms with Crippen molar-refractivity contribution in [3.8, 4) is 11.8 Å². The van der Waals surface area contributed by atoms with Crippen molar-refractivity contribution in [3.05, 3.63) is 29.8 Å². The number of carbonyl (C=O) groups excluding carboxylic acids is 1. The van der Waals surface area contributed by atoms with Crippen molar-refractivity contribution in [2.75, 3.05) is 5.75 Å². The Morgan fingerprint density at radius 2 is 2.18 bits per heavy atom. The zero-order valence-electron chi connectivity index (χ0n) is 9.14. The van der Waals surface area contributed by atoms with Crippen LogP contribution in [-0.2, 0) is 14.8 Å². The summed E-state index contributed by atoms with van der Waals surface area (Å²) >= 11 is 1.10. The minimum absolute atomic E-state index is 0.00223. The monoisotopic (exact) mass is 269 g/mol. The lowest BCUT2D eigenvalue weighted by Gasteiger charge is -1.97. The number of carbonyl (C=O) groups is 1. The molecule has 4 nitrogen and oxygen atoms in total. The Kier molecular flexibility index (Phi) is 4.75. The Labute approximate surface area is 105 Å². The summed E-state index contributed by atoms with van der Waals surface area (Å²) < 4.78 is 22.2. The van der Waals surface area contributed by atoms with Crippen LogP contribution in [0.1, 0.15) is 12.5 Å². The van der Waals surface area contributed by atoms with E-state index in [1.807, 2.05) is 0 Å². The molecular formula is C11H11NO3S2. The molecular weight excluding hydrogens is 258 g/mol. The fraction of sp³-hybridized carbons (Fsp3) is 0.182. The van der Waals surface area contributed by atoms with Gasteiger partial charge in [-0.15, -0.1) is 0 Å². The van der Waals surface area contributed by atoms with E-state index >= 15 is 0 Å². The molecule has 1 aromatic carbocycles. The summed E-state index contributed by atoms with van der Waals surface area (Å²) in [5.74, 6) is 5.92. The van der Waals surface area contributed by atoms with Gasteiger partial charge in [-0.05, 0) is 18.2 Å². The maximum Gasteiger partial charge on any atom is 0.238 e. The molecule has 0 amide bonds. The molecule has 90 valence electrons. The van der Waals surface area contributed by atoms with Crippen molar-refractivity contribution in [1.29, 1.82) is 0 Å². The third kappa shape index (κ3) is 5.04. The van der Waals surface area contributed by atoms with Gasteiger partial charge in [-0.25, -0.2) is 13.6 Å². The van der Waals surface area contributed by atoms with E-state index in [0.29, 0.717) is 11.3 Å². The molecule has 0 spiro atoms. The molecule has 0 atom stereocenters. The van der Waals surface area contributed by atoms with Crippen LogP contribution >= 0.6 is 11.8 Å². The van der Waals surface area contributed by atoms with Gasteiger partial charge in [0.25, 0.3) is 0 Å². The second-order valence-corrected chi connectivity index (χ2v) is 5.87. The Morgan fingerprint density at radius 1 is 1.47 bits per heavy atom. The van der Waals surface area contributed by atoms with E-state index in [1.165, 1.54) is 19.1 Å². The van der Waals surface area contributed by atoms with Crippen molar-refractivity contribution < 1.29 is 13.2 Å². The number of rotatable bonds is 2. The molecule has 6 heteroatoms. The topological polar surface area (TPSA) is 77.2 Å². The standard InChI is InChI=1S/C11H11NO3S2/c1-9(13)16-7-3-5-10-4-2-6-11(8-10)17(12,14)15/h2,4,6,8H,7H2,1H3,(H2,12,14,15). The normalized spacial score (nSPS) is 10.5. The lowest BCUT2D eigenvalue weighted by molar-refractivity contribution is -0.109. The third-order valence-electron chi connectivity index (χ3n) is 1.74. The van der Waals surface area contributed by atoms with Gasteiger partial charge in [-0.2, -0.15) is 0 Å². The summed E-state index contributed by atoms with van der Waals surface area (Å²) in [5.41, 5.74) is 0.556. The molecule has 17 heavy (non-hydrogen) atoms. The Morgan fingerprint density at radius 3 is 2.76 bits per heavy atom. The first kappa shape index (κ1) is 13.8. The predicted molar refractivity (Wildman–Crippen MR) is 67.8 cm³/mol. The number of hydrogen-bond donors (Lipinski definition) is 1. The number of benzene rings is 1. The van der Waals surface area contributed by atoms with Crippen LogP contribution < -0.4 is 5.14 Å². The highest BCUT2D eigenvalue weighted by molar-refractivity contribution is 8.13.